The molecule has 0 aliphatic heterocycles. The van der Waals surface area contributed by atoms with E-state index in [0.29, 0.717) is 12.6 Å². The molecule has 2 amide bonds. The van der Waals surface area contributed by atoms with Crippen LogP contribution in [0, 0.1) is 6.92 Å². The second kappa shape index (κ2) is 7.93. The first-order valence-corrected chi connectivity index (χ1v) is 7.84. The molecule has 1 saturated carbocycles. The molecule has 1 aromatic rings. The van der Waals surface area contributed by atoms with Gasteiger partial charge in [0.25, 0.3) is 0 Å². The zero-order valence-electron chi connectivity index (χ0n) is 12.5. The van der Waals surface area contributed by atoms with Crippen LogP contribution in [-0.2, 0) is 6.54 Å². The average Bonchev–Trinajstić information content (AvgIpc) is 2.41. The molecule has 3 nitrogen and oxygen atoms in total. The van der Waals surface area contributed by atoms with E-state index in [-0.39, 0.29) is 6.03 Å². The van der Waals surface area contributed by atoms with Crippen molar-refractivity contribution in [2.45, 2.75) is 64.5 Å². The van der Waals surface area contributed by atoms with Crippen LogP contribution >= 0.6 is 0 Å². The van der Waals surface area contributed by atoms with E-state index in [9.17, 15) is 4.79 Å². The van der Waals surface area contributed by atoms with Gasteiger partial charge in [-0.1, -0.05) is 61.9 Å². The zero-order chi connectivity index (χ0) is 14.2. The van der Waals surface area contributed by atoms with E-state index >= 15 is 0 Å². The summed E-state index contributed by atoms with van der Waals surface area (Å²) in [6.45, 7) is 2.66. The molecule has 0 radical (unpaired) electrons. The first-order valence-electron chi connectivity index (χ1n) is 7.84. The van der Waals surface area contributed by atoms with Gasteiger partial charge in [0.1, 0.15) is 0 Å². The van der Waals surface area contributed by atoms with E-state index in [4.69, 9.17) is 0 Å². The monoisotopic (exact) mass is 274 g/mol. The van der Waals surface area contributed by atoms with Crippen molar-refractivity contribution in [3.05, 3.63) is 35.4 Å². The summed E-state index contributed by atoms with van der Waals surface area (Å²) in [6.07, 6.45) is 8.69. The molecule has 2 rings (SSSR count). The Hall–Kier alpha value is -1.51. The van der Waals surface area contributed by atoms with Crippen molar-refractivity contribution in [1.82, 2.24) is 10.6 Å². The van der Waals surface area contributed by atoms with Crippen molar-refractivity contribution in [1.29, 1.82) is 0 Å². The van der Waals surface area contributed by atoms with Gasteiger partial charge < -0.3 is 10.6 Å². The van der Waals surface area contributed by atoms with Crippen LogP contribution in [0.3, 0.4) is 0 Å². The van der Waals surface area contributed by atoms with Crippen molar-refractivity contribution < 1.29 is 4.79 Å². The minimum absolute atomic E-state index is 0.0313. The van der Waals surface area contributed by atoms with Crippen LogP contribution in [-0.4, -0.2) is 12.1 Å². The summed E-state index contributed by atoms with van der Waals surface area (Å²) >= 11 is 0. The Bertz CT molecular complexity index is 406. The fraction of sp³-hybridized carbons (Fsp3) is 0.588. The Labute approximate surface area is 122 Å². The molecule has 1 aliphatic carbocycles. The number of rotatable bonds is 3. The highest BCUT2D eigenvalue weighted by molar-refractivity contribution is 5.74. The van der Waals surface area contributed by atoms with Crippen LogP contribution in [0.25, 0.3) is 0 Å². The maximum Gasteiger partial charge on any atom is 0.315 e. The van der Waals surface area contributed by atoms with E-state index < -0.39 is 0 Å². The molecular weight excluding hydrogens is 248 g/mol. The van der Waals surface area contributed by atoms with Crippen molar-refractivity contribution in [3.8, 4) is 0 Å². The van der Waals surface area contributed by atoms with Gasteiger partial charge in [-0.15, -0.1) is 0 Å². The van der Waals surface area contributed by atoms with E-state index in [1.807, 2.05) is 0 Å². The minimum atomic E-state index is -0.0313. The summed E-state index contributed by atoms with van der Waals surface area (Å²) in [7, 11) is 0. The Morgan fingerprint density at radius 1 is 1.05 bits per heavy atom. The van der Waals surface area contributed by atoms with Crippen molar-refractivity contribution in [3.63, 3.8) is 0 Å². The van der Waals surface area contributed by atoms with Gasteiger partial charge in [-0.05, 0) is 25.3 Å². The van der Waals surface area contributed by atoms with E-state index in [0.717, 1.165) is 18.4 Å². The summed E-state index contributed by atoms with van der Waals surface area (Å²) in [4.78, 5) is 11.9. The van der Waals surface area contributed by atoms with Gasteiger partial charge in [0.15, 0.2) is 0 Å². The van der Waals surface area contributed by atoms with Crippen molar-refractivity contribution in [2.75, 3.05) is 0 Å². The Morgan fingerprint density at radius 3 is 2.30 bits per heavy atom. The van der Waals surface area contributed by atoms with Crippen LogP contribution in [0.1, 0.15) is 56.1 Å². The molecule has 0 atom stereocenters. The number of benzene rings is 1. The molecule has 0 heterocycles. The number of nitrogens with one attached hydrogen (secondary N) is 2. The maximum absolute atomic E-state index is 11.9. The Morgan fingerprint density at radius 2 is 1.65 bits per heavy atom. The minimum Gasteiger partial charge on any atom is -0.335 e. The molecule has 0 spiro atoms. The molecule has 0 bridgehead atoms. The van der Waals surface area contributed by atoms with Gasteiger partial charge in [0.2, 0.25) is 0 Å². The smallest absolute Gasteiger partial charge is 0.315 e. The molecule has 1 aliphatic rings. The first kappa shape index (κ1) is 14.9. The summed E-state index contributed by atoms with van der Waals surface area (Å²) in [5.74, 6) is 0. The Kier molecular flexibility index (Phi) is 5.90. The first-order chi connectivity index (χ1) is 9.74. The van der Waals surface area contributed by atoms with Crippen molar-refractivity contribution >= 4 is 6.03 Å². The number of carbonyl (C=O) groups excluding carboxylic acids is 1. The molecular formula is C17H26N2O. The molecule has 2 N–H and O–H groups in total. The van der Waals surface area contributed by atoms with Gasteiger partial charge >= 0.3 is 6.03 Å². The normalized spacial score (nSPS) is 17.1. The van der Waals surface area contributed by atoms with Crippen molar-refractivity contribution in [2.24, 2.45) is 0 Å². The Balaban J connectivity index is 1.72. The predicted octanol–water partition coefficient (Wildman–Crippen LogP) is 3.91. The lowest BCUT2D eigenvalue weighted by atomic mass is 9.97. The van der Waals surface area contributed by atoms with Gasteiger partial charge in [-0.25, -0.2) is 4.79 Å². The zero-order valence-corrected chi connectivity index (χ0v) is 12.5. The standard InChI is InChI=1S/C17H26N2O/c1-14-9-11-15(12-10-14)13-18-17(20)19-16-7-5-3-2-4-6-8-16/h9-12,16H,2-8,13H2,1H3,(H2,18,19,20). The highest BCUT2D eigenvalue weighted by Gasteiger charge is 2.13. The summed E-state index contributed by atoms with van der Waals surface area (Å²) in [6, 6.07) is 8.59. The van der Waals surface area contributed by atoms with Gasteiger partial charge in [0.05, 0.1) is 0 Å². The van der Waals surface area contributed by atoms with Crippen LogP contribution < -0.4 is 10.6 Å². The molecule has 1 fully saturated rings. The summed E-state index contributed by atoms with van der Waals surface area (Å²) < 4.78 is 0. The molecule has 3 heteroatoms. The summed E-state index contributed by atoms with van der Waals surface area (Å²) in [5, 5.41) is 6.07. The third-order valence-electron chi connectivity index (χ3n) is 4.01. The van der Waals surface area contributed by atoms with E-state index in [1.165, 1.54) is 37.7 Å². The third kappa shape index (κ3) is 5.24. The largest absolute Gasteiger partial charge is 0.335 e. The van der Waals surface area contributed by atoms with Crippen LogP contribution in [0.15, 0.2) is 24.3 Å². The van der Waals surface area contributed by atoms with Gasteiger partial charge in [-0.2, -0.15) is 0 Å². The van der Waals surface area contributed by atoms with E-state index in [2.05, 4.69) is 41.8 Å². The lowest BCUT2D eigenvalue weighted by Crippen LogP contribution is -2.42. The maximum atomic E-state index is 11.9. The summed E-state index contributed by atoms with van der Waals surface area (Å²) in [5.41, 5.74) is 2.39. The highest BCUT2D eigenvalue weighted by atomic mass is 16.2. The van der Waals surface area contributed by atoms with Crippen LogP contribution in [0.5, 0.6) is 0 Å². The molecule has 20 heavy (non-hydrogen) atoms. The predicted molar refractivity (Wildman–Crippen MR) is 82.7 cm³/mol. The molecule has 0 saturated heterocycles. The topological polar surface area (TPSA) is 41.1 Å². The lowest BCUT2D eigenvalue weighted by molar-refractivity contribution is 0.233. The average molecular weight is 274 g/mol. The van der Waals surface area contributed by atoms with E-state index in [1.54, 1.807) is 0 Å². The fourth-order valence-electron chi connectivity index (χ4n) is 2.73. The molecule has 110 valence electrons. The highest BCUT2D eigenvalue weighted by Crippen LogP contribution is 2.16. The second-order valence-corrected chi connectivity index (χ2v) is 5.85. The molecule has 0 unspecified atom stereocenters. The molecule has 1 aromatic carbocycles. The number of hydrogen-bond acceptors (Lipinski definition) is 1. The fourth-order valence-corrected chi connectivity index (χ4v) is 2.73. The van der Waals surface area contributed by atoms with Crippen LogP contribution in [0.2, 0.25) is 0 Å². The SMILES string of the molecule is Cc1ccc(CNC(=O)NC2CCCCCCC2)cc1. The number of hydrogen-bond donors (Lipinski definition) is 2. The number of aryl methyl sites for hydroxylation is 1. The third-order valence-corrected chi connectivity index (χ3v) is 4.01. The lowest BCUT2D eigenvalue weighted by Gasteiger charge is -2.21. The van der Waals surface area contributed by atoms with Crippen LogP contribution in [0.4, 0.5) is 4.79 Å². The van der Waals surface area contributed by atoms with Gasteiger partial charge in [0, 0.05) is 12.6 Å². The molecule has 0 aromatic heterocycles. The number of amides is 2. The second-order valence-electron chi connectivity index (χ2n) is 5.85. The number of carbonyl (C=O) groups is 1. The quantitative estimate of drug-likeness (QED) is 0.862. The van der Waals surface area contributed by atoms with Gasteiger partial charge in [-0.3, -0.25) is 0 Å². The number of urea groups is 1.